The van der Waals surface area contributed by atoms with Crippen molar-refractivity contribution in [2.75, 3.05) is 6.54 Å². The minimum Gasteiger partial charge on any atom is -0.277 e. The number of aromatic nitrogens is 1. The monoisotopic (exact) mass is 312 g/mol. The van der Waals surface area contributed by atoms with Crippen molar-refractivity contribution < 1.29 is 13.2 Å². The van der Waals surface area contributed by atoms with E-state index in [2.05, 4.69) is 9.98 Å². The zero-order valence-corrected chi connectivity index (χ0v) is 11.9. The van der Waals surface area contributed by atoms with Gasteiger partial charge in [-0.2, -0.15) is 8.78 Å². The molecule has 4 rings (SSSR count). The van der Waals surface area contributed by atoms with E-state index in [0.717, 1.165) is 17.0 Å². The average molecular weight is 312 g/mol. The zero-order chi connectivity index (χ0) is 16.0. The molecule has 0 saturated carbocycles. The number of halogens is 3. The number of alkyl halides is 2. The molecule has 0 spiro atoms. The van der Waals surface area contributed by atoms with Gasteiger partial charge < -0.3 is 0 Å². The van der Waals surface area contributed by atoms with Crippen LogP contribution in [-0.2, 0) is 5.92 Å². The maximum atomic E-state index is 14.1. The molecule has 0 saturated heterocycles. The molecule has 0 aliphatic carbocycles. The van der Waals surface area contributed by atoms with Gasteiger partial charge in [-0.15, -0.1) is 0 Å². The molecule has 0 unspecified atom stereocenters. The highest BCUT2D eigenvalue weighted by Gasteiger charge is 2.41. The summed E-state index contributed by atoms with van der Waals surface area (Å²) in [6, 6.07) is 13.1. The maximum absolute atomic E-state index is 14.1. The van der Waals surface area contributed by atoms with Crippen LogP contribution in [-0.4, -0.2) is 17.2 Å². The number of fused-ring (bicyclic) bond motifs is 2. The molecular formula is C18H11F3N2. The Balaban J connectivity index is 2.01. The van der Waals surface area contributed by atoms with Gasteiger partial charge in [0.05, 0.1) is 16.8 Å². The lowest BCUT2D eigenvalue weighted by Gasteiger charge is -2.25. The molecule has 0 fully saturated rings. The number of aliphatic imine (C=N–C) groups is 1. The van der Waals surface area contributed by atoms with Crippen molar-refractivity contribution in [1.29, 1.82) is 0 Å². The molecule has 114 valence electrons. The Morgan fingerprint density at radius 1 is 0.913 bits per heavy atom. The molecule has 5 heteroatoms. The summed E-state index contributed by atoms with van der Waals surface area (Å²) in [4.78, 5) is 8.32. The highest BCUT2D eigenvalue weighted by molar-refractivity contribution is 6.20. The Labute approximate surface area is 130 Å². The van der Waals surface area contributed by atoms with Gasteiger partial charge in [-0.3, -0.25) is 9.98 Å². The second kappa shape index (κ2) is 4.91. The van der Waals surface area contributed by atoms with Crippen molar-refractivity contribution in [3.05, 3.63) is 77.2 Å². The molecule has 1 aromatic heterocycles. The van der Waals surface area contributed by atoms with Crippen LogP contribution >= 0.6 is 0 Å². The Morgan fingerprint density at radius 2 is 1.74 bits per heavy atom. The Kier molecular flexibility index (Phi) is 2.98. The first-order chi connectivity index (χ1) is 11.1. The molecule has 2 nitrogen and oxygen atoms in total. The summed E-state index contributed by atoms with van der Waals surface area (Å²) in [5.74, 6) is -4.20. The molecular weight excluding hydrogens is 301 g/mol. The summed E-state index contributed by atoms with van der Waals surface area (Å²) in [7, 11) is 0. The Hall–Kier alpha value is -2.69. The number of hydrogen-bond donors (Lipinski definition) is 0. The lowest BCUT2D eigenvalue weighted by atomic mass is 9.90. The van der Waals surface area contributed by atoms with E-state index in [1.165, 1.54) is 12.1 Å². The highest BCUT2D eigenvalue weighted by atomic mass is 19.3. The van der Waals surface area contributed by atoms with Gasteiger partial charge in [0.2, 0.25) is 0 Å². The fraction of sp³-hybridized carbons (Fsp3) is 0.111. The van der Waals surface area contributed by atoms with E-state index in [1.807, 2.05) is 24.3 Å². The summed E-state index contributed by atoms with van der Waals surface area (Å²) >= 11 is 0. The van der Waals surface area contributed by atoms with Crippen molar-refractivity contribution in [1.82, 2.24) is 4.98 Å². The third-order valence-corrected chi connectivity index (χ3v) is 3.97. The van der Waals surface area contributed by atoms with E-state index < -0.39 is 23.8 Å². The van der Waals surface area contributed by atoms with Gasteiger partial charge >= 0.3 is 0 Å². The van der Waals surface area contributed by atoms with Crippen LogP contribution in [0.3, 0.4) is 0 Å². The SMILES string of the molecule is Fc1cccc2c1C(F)(F)CN=C2c1ccnc2ccccc12. The lowest BCUT2D eigenvalue weighted by Crippen LogP contribution is -2.29. The third-order valence-electron chi connectivity index (χ3n) is 3.97. The fourth-order valence-electron chi connectivity index (χ4n) is 2.97. The molecule has 2 heterocycles. The van der Waals surface area contributed by atoms with Crippen LogP contribution < -0.4 is 0 Å². The quantitative estimate of drug-likeness (QED) is 0.657. The minimum absolute atomic E-state index is 0.137. The highest BCUT2D eigenvalue weighted by Crippen LogP contribution is 2.38. The summed E-state index contributed by atoms with van der Waals surface area (Å²) < 4.78 is 42.2. The van der Waals surface area contributed by atoms with E-state index in [-0.39, 0.29) is 5.56 Å². The van der Waals surface area contributed by atoms with Crippen LogP contribution in [0.15, 0.2) is 59.7 Å². The normalized spacial score (nSPS) is 16.0. The predicted octanol–water partition coefficient (Wildman–Crippen LogP) is 4.32. The summed E-state index contributed by atoms with van der Waals surface area (Å²) in [5, 5.41) is 0.800. The smallest absolute Gasteiger partial charge is 0.277 e. The molecule has 0 radical (unpaired) electrons. The molecule has 0 atom stereocenters. The first-order valence-corrected chi connectivity index (χ1v) is 7.14. The van der Waals surface area contributed by atoms with Gasteiger partial charge in [0.25, 0.3) is 5.92 Å². The van der Waals surface area contributed by atoms with Crippen LogP contribution in [0, 0.1) is 5.82 Å². The fourth-order valence-corrected chi connectivity index (χ4v) is 2.97. The first kappa shape index (κ1) is 13.9. The van der Waals surface area contributed by atoms with Crippen LogP contribution in [0.25, 0.3) is 10.9 Å². The molecule has 0 N–H and O–H groups in total. The predicted molar refractivity (Wildman–Crippen MR) is 82.5 cm³/mol. The number of benzene rings is 2. The number of para-hydroxylation sites is 1. The molecule has 2 aromatic carbocycles. The Bertz CT molecular complexity index is 943. The van der Waals surface area contributed by atoms with E-state index in [0.29, 0.717) is 11.3 Å². The standard InChI is InChI=1S/C18H11F3N2/c19-14-6-3-5-13-16(14)18(20,21)10-23-17(13)12-8-9-22-15-7-2-1-4-11(12)15/h1-9H,10H2. The van der Waals surface area contributed by atoms with Gasteiger partial charge in [-0.05, 0) is 18.2 Å². The molecule has 0 amide bonds. The van der Waals surface area contributed by atoms with E-state index in [4.69, 9.17) is 0 Å². The van der Waals surface area contributed by atoms with Crippen LogP contribution in [0.5, 0.6) is 0 Å². The topological polar surface area (TPSA) is 25.2 Å². The first-order valence-electron chi connectivity index (χ1n) is 7.14. The van der Waals surface area contributed by atoms with Gasteiger partial charge in [-0.1, -0.05) is 30.3 Å². The van der Waals surface area contributed by atoms with Crippen molar-refractivity contribution in [2.24, 2.45) is 4.99 Å². The maximum Gasteiger partial charge on any atom is 0.295 e. The summed E-state index contributed by atoms with van der Waals surface area (Å²) in [6.45, 7) is -0.757. The summed E-state index contributed by atoms with van der Waals surface area (Å²) in [5.41, 5.74) is 1.36. The number of rotatable bonds is 1. The number of pyridine rings is 1. The minimum atomic E-state index is -3.30. The largest absolute Gasteiger partial charge is 0.295 e. The summed E-state index contributed by atoms with van der Waals surface area (Å²) in [6.07, 6.45) is 1.60. The van der Waals surface area contributed by atoms with Gasteiger partial charge in [0, 0.05) is 22.7 Å². The average Bonchev–Trinajstić information content (AvgIpc) is 2.54. The molecule has 1 aliphatic heterocycles. The second-order valence-electron chi connectivity index (χ2n) is 5.41. The number of hydrogen-bond acceptors (Lipinski definition) is 2. The van der Waals surface area contributed by atoms with Gasteiger partial charge in [-0.25, -0.2) is 4.39 Å². The van der Waals surface area contributed by atoms with E-state index in [1.54, 1.807) is 12.3 Å². The molecule has 23 heavy (non-hydrogen) atoms. The molecule has 3 aromatic rings. The van der Waals surface area contributed by atoms with E-state index >= 15 is 0 Å². The zero-order valence-electron chi connectivity index (χ0n) is 11.9. The second-order valence-corrected chi connectivity index (χ2v) is 5.41. The van der Waals surface area contributed by atoms with Crippen molar-refractivity contribution >= 4 is 16.6 Å². The van der Waals surface area contributed by atoms with Crippen molar-refractivity contribution in [3.8, 4) is 0 Å². The van der Waals surface area contributed by atoms with Crippen LogP contribution in [0.4, 0.5) is 13.2 Å². The van der Waals surface area contributed by atoms with E-state index in [9.17, 15) is 13.2 Å². The lowest BCUT2D eigenvalue weighted by molar-refractivity contribution is 0.00120. The number of nitrogens with zero attached hydrogens (tertiary/aromatic N) is 2. The van der Waals surface area contributed by atoms with Crippen molar-refractivity contribution in [2.45, 2.75) is 5.92 Å². The van der Waals surface area contributed by atoms with Crippen molar-refractivity contribution in [3.63, 3.8) is 0 Å². The molecule has 1 aliphatic rings. The Morgan fingerprint density at radius 3 is 2.61 bits per heavy atom. The van der Waals surface area contributed by atoms with Gasteiger partial charge in [0.1, 0.15) is 12.4 Å². The van der Waals surface area contributed by atoms with Gasteiger partial charge in [0.15, 0.2) is 0 Å². The molecule has 0 bridgehead atoms. The van der Waals surface area contributed by atoms with Crippen LogP contribution in [0.1, 0.15) is 16.7 Å². The third kappa shape index (κ3) is 2.11. The van der Waals surface area contributed by atoms with Crippen LogP contribution in [0.2, 0.25) is 0 Å².